The number of benzene rings is 3. The van der Waals surface area contributed by atoms with Crippen LogP contribution >= 0.6 is 11.6 Å². The van der Waals surface area contributed by atoms with Crippen molar-refractivity contribution in [3.05, 3.63) is 98.7 Å². The van der Waals surface area contributed by atoms with Gasteiger partial charge in [-0.2, -0.15) is 0 Å². The van der Waals surface area contributed by atoms with Crippen LogP contribution in [0.25, 0.3) is 27.7 Å². The molecule has 4 aromatic rings. The molecule has 0 bridgehead atoms. The van der Waals surface area contributed by atoms with E-state index in [0.717, 1.165) is 15.7 Å². The highest BCUT2D eigenvalue weighted by Gasteiger charge is 2.11. The normalized spacial score (nSPS) is 10.9. The number of para-hydroxylation sites is 1. The lowest BCUT2D eigenvalue weighted by Crippen LogP contribution is -2.33. The minimum absolute atomic E-state index is 0.351. The fraction of sp³-hybridized carbons (Fsp3) is 0. The second-order valence-corrected chi connectivity index (χ2v) is 6.05. The van der Waals surface area contributed by atoms with Crippen LogP contribution in [0.4, 0.5) is 0 Å². The largest absolute Gasteiger partial charge is 0.333 e. The Bertz CT molecular complexity index is 1190. The number of fused-ring (bicyclic) bond motifs is 1. The lowest BCUT2D eigenvalue weighted by molar-refractivity contribution is 0.901. The Hall–Kier alpha value is -3.11. The molecular formula is C20H13ClN2O2. The first-order valence-corrected chi connectivity index (χ1v) is 8.12. The third-order valence-corrected chi connectivity index (χ3v) is 4.43. The average Bonchev–Trinajstić information content (AvgIpc) is 2.62. The van der Waals surface area contributed by atoms with Crippen LogP contribution in [0.15, 0.2) is 82.4 Å². The quantitative estimate of drug-likeness (QED) is 0.595. The van der Waals surface area contributed by atoms with Crippen LogP contribution in [-0.2, 0) is 0 Å². The van der Waals surface area contributed by atoms with Crippen LogP contribution in [0.5, 0.6) is 0 Å². The number of hydrogen-bond acceptors (Lipinski definition) is 2. The van der Waals surface area contributed by atoms with E-state index < -0.39 is 5.69 Å². The summed E-state index contributed by atoms with van der Waals surface area (Å²) in [5.74, 6) is 0. The highest BCUT2D eigenvalue weighted by molar-refractivity contribution is 6.33. The molecular weight excluding hydrogens is 336 g/mol. The van der Waals surface area contributed by atoms with Gasteiger partial charge < -0.3 is 4.98 Å². The molecule has 0 atom stereocenters. The molecule has 0 aliphatic carbocycles. The fourth-order valence-corrected chi connectivity index (χ4v) is 3.14. The van der Waals surface area contributed by atoms with Gasteiger partial charge in [0.05, 0.1) is 16.6 Å². The van der Waals surface area contributed by atoms with Crippen LogP contribution in [-0.4, -0.2) is 9.55 Å². The second kappa shape index (κ2) is 6.07. The molecule has 1 aromatic heterocycles. The van der Waals surface area contributed by atoms with Crippen molar-refractivity contribution < 1.29 is 0 Å². The number of nitrogens with zero attached hydrogens (tertiary/aromatic N) is 1. The van der Waals surface area contributed by atoms with Crippen molar-refractivity contribution in [2.45, 2.75) is 0 Å². The summed E-state index contributed by atoms with van der Waals surface area (Å²) in [6.07, 6.45) is 0. The predicted octanol–water partition coefficient (Wildman–Crippen LogP) is 4.00. The van der Waals surface area contributed by atoms with Gasteiger partial charge in [-0.15, -0.1) is 0 Å². The molecule has 0 amide bonds. The molecule has 0 unspecified atom stereocenters. The minimum atomic E-state index is -0.472. The van der Waals surface area contributed by atoms with E-state index in [4.69, 9.17) is 11.6 Å². The molecule has 0 spiro atoms. The zero-order chi connectivity index (χ0) is 17.4. The van der Waals surface area contributed by atoms with Gasteiger partial charge in [0, 0.05) is 10.6 Å². The van der Waals surface area contributed by atoms with Gasteiger partial charge in [0.2, 0.25) is 0 Å². The van der Waals surface area contributed by atoms with Crippen molar-refractivity contribution in [2.75, 3.05) is 0 Å². The maximum absolute atomic E-state index is 12.8. The topological polar surface area (TPSA) is 54.9 Å². The molecule has 4 rings (SSSR count). The highest BCUT2D eigenvalue weighted by atomic mass is 35.5. The Morgan fingerprint density at radius 3 is 2.32 bits per heavy atom. The van der Waals surface area contributed by atoms with E-state index in [1.807, 2.05) is 30.3 Å². The van der Waals surface area contributed by atoms with Gasteiger partial charge in [0.15, 0.2) is 0 Å². The van der Waals surface area contributed by atoms with E-state index in [2.05, 4.69) is 4.98 Å². The molecule has 0 aliphatic heterocycles. The zero-order valence-electron chi connectivity index (χ0n) is 13.1. The van der Waals surface area contributed by atoms with Crippen LogP contribution in [0.2, 0.25) is 5.02 Å². The van der Waals surface area contributed by atoms with E-state index in [-0.39, 0.29) is 5.56 Å². The molecule has 0 saturated carbocycles. The monoisotopic (exact) mass is 348 g/mol. The van der Waals surface area contributed by atoms with E-state index in [9.17, 15) is 9.59 Å². The number of aromatic nitrogens is 2. The maximum atomic E-state index is 12.8. The van der Waals surface area contributed by atoms with Gasteiger partial charge in [-0.1, -0.05) is 54.1 Å². The molecule has 0 fully saturated rings. The Labute approximate surface area is 148 Å². The highest BCUT2D eigenvalue weighted by Crippen LogP contribution is 2.28. The molecule has 25 heavy (non-hydrogen) atoms. The van der Waals surface area contributed by atoms with E-state index in [0.29, 0.717) is 21.6 Å². The third kappa shape index (κ3) is 2.66. The summed E-state index contributed by atoms with van der Waals surface area (Å²) in [6.45, 7) is 0. The zero-order valence-corrected chi connectivity index (χ0v) is 13.8. The van der Waals surface area contributed by atoms with E-state index in [1.54, 1.807) is 42.5 Å². The first kappa shape index (κ1) is 15.4. The minimum Gasteiger partial charge on any atom is -0.306 e. The van der Waals surface area contributed by atoms with Crippen molar-refractivity contribution in [3.8, 4) is 16.8 Å². The summed E-state index contributed by atoms with van der Waals surface area (Å²) in [6, 6.07) is 21.6. The number of H-pyrrole nitrogens is 1. The first-order valence-electron chi connectivity index (χ1n) is 7.74. The molecule has 0 saturated heterocycles. The van der Waals surface area contributed by atoms with Crippen molar-refractivity contribution in [1.82, 2.24) is 9.55 Å². The molecule has 1 N–H and O–H groups in total. The number of nitrogens with one attached hydrogen (secondary N) is 1. The predicted molar refractivity (Wildman–Crippen MR) is 101 cm³/mol. The van der Waals surface area contributed by atoms with Crippen molar-refractivity contribution >= 4 is 22.5 Å². The van der Waals surface area contributed by atoms with Gasteiger partial charge in [-0.25, -0.2) is 9.36 Å². The molecule has 4 nitrogen and oxygen atoms in total. The number of aromatic amines is 1. The molecule has 5 heteroatoms. The SMILES string of the molecule is O=c1[nH]c2cc(-c3ccccc3Cl)ccc2c(=O)n1-c1ccccc1. The van der Waals surface area contributed by atoms with Crippen LogP contribution in [0, 0.1) is 0 Å². The Kier molecular flexibility index (Phi) is 3.75. The number of hydrogen-bond donors (Lipinski definition) is 1. The van der Waals surface area contributed by atoms with Gasteiger partial charge in [-0.3, -0.25) is 4.79 Å². The lowest BCUT2D eigenvalue weighted by atomic mass is 10.0. The van der Waals surface area contributed by atoms with E-state index >= 15 is 0 Å². The van der Waals surface area contributed by atoms with Crippen LogP contribution in [0.3, 0.4) is 0 Å². The van der Waals surface area contributed by atoms with Gasteiger partial charge in [-0.05, 0) is 35.9 Å². The fourth-order valence-electron chi connectivity index (χ4n) is 2.89. The summed E-state index contributed by atoms with van der Waals surface area (Å²) in [4.78, 5) is 28.0. The Balaban J connectivity index is 1.96. The van der Waals surface area contributed by atoms with Crippen molar-refractivity contribution in [1.29, 1.82) is 0 Å². The Morgan fingerprint density at radius 2 is 1.56 bits per heavy atom. The number of halogens is 1. The summed E-state index contributed by atoms with van der Waals surface area (Å²) < 4.78 is 1.14. The molecule has 0 radical (unpaired) electrons. The first-order chi connectivity index (χ1) is 12.1. The smallest absolute Gasteiger partial charge is 0.306 e. The van der Waals surface area contributed by atoms with Crippen molar-refractivity contribution in [3.63, 3.8) is 0 Å². The lowest BCUT2D eigenvalue weighted by Gasteiger charge is -2.08. The van der Waals surface area contributed by atoms with Gasteiger partial charge >= 0.3 is 5.69 Å². The maximum Gasteiger partial charge on any atom is 0.333 e. The average molecular weight is 349 g/mol. The van der Waals surface area contributed by atoms with E-state index in [1.165, 1.54) is 0 Å². The van der Waals surface area contributed by atoms with Crippen LogP contribution in [0.1, 0.15) is 0 Å². The van der Waals surface area contributed by atoms with Crippen LogP contribution < -0.4 is 11.2 Å². The van der Waals surface area contributed by atoms with Gasteiger partial charge in [0.25, 0.3) is 5.56 Å². The van der Waals surface area contributed by atoms with Crippen molar-refractivity contribution in [2.24, 2.45) is 0 Å². The summed E-state index contributed by atoms with van der Waals surface area (Å²) in [7, 11) is 0. The summed E-state index contributed by atoms with van der Waals surface area (Å²) >= 11 is 6.24. The van der Waals surface area contributed by atoms with Gasteiger partial charge in [0.1, 0.15) is 0 Å². The molecule has 122 valence electrons. The Morgan fingerprint density at radius 1 is 0.840 bits per heavy atom. The molecule has 3 aromatic carbocycles. The standard InChI is InChI=1S/C20H13ClN2O2/c21-17-9-5-4-8-15(17)13-10-11-16-18(12-13)22-20(25)23(19(16)24)14-6-2-1-3-7-14/h1-12H,(H,22,25). The summed E-state index contributed by atoms with van der Waals surface area (Å²) in [5.41, 5.74) is 1.88. The third-order valence-electron chi connectivity index (χ3n) is 4.10. The molecule has 0 aliphatic rings. The molecule has 1 heterocycles. The second-order valence-electron chi connectivity index (χ2n) is 5.65. The summed E-state index contributed by atoms with van der Waals surface area (Å²) in [5, 5.41) is 1.06. The number of rotatable bonds is 2.